The molecule has 92 valence electrons. The van der Waals surface area contributed by atoms with E-state index >= 15 is 0 Å². The van der Waals surface area contributed by atoms with Crippen molar-refractivity contribution in [2.75, 3.05) is 32.8 Å². The Hall–Kier alpha value is -0.910. The van der Waals surface area contributed by atoms with E-state index < -0.39 is 0 Å². The average Bonchev–Trinajstić information content (AvgIpc) is 2.35. The number of morpholine rings is 1. The molecule has 1 fully saturated rings. The van der Waals surface area contributed by atoms with Crippen LogP contribution in [0.15, 0.2) is 12.7 Å². The Balaban J connectivity index is 2.42. The number of carbonyl (C=O) groups is 1. The summed E-state index contributed by atoms with van der Waals surface area (Å²) >= 11 is 0. The number of rotatable bonds is 5. The fourth-order valence-electron chi connectivity index (χ4n) is 1.69. The maximum Gasteiger partial charge on any atom is 0.237 e. The minimum Gasteiger partial charge on any atom is -0.394 e. The zero-order chi connectivity index (χ0) is 12.0. The van der Waals surface area contributed by atoms with Crippen LogP contribution in [0.4, 0.5) is 0 Å². The molecule has 1 heterocycles. The topological polar surface area (TPSA) is 61.8 Å². The summed E-state index contributed by atoms with van der Waals surface area (Å²) in [4.78, 5) is 13.7. The van der Waals surface area contributed by atoms with Gasteiger partial charge in [0.05, 0.1) is 25.4 Å². The summed E-state index contributed by atoms with van der Waals surface area (Å²) in [5.41, 5.74) is 0. The van der Waals surface area contributed by atoms with Crippen LogP contribution in [0.2, 0.25) is 0 Å². The van der Waals surface area contributed by atoms with Gasteiger partial charge < -0.3 is 15.2 Å². The number of hydrogen-bond donors (Lipinski definition) is 2. The normalized spacial score (nSPS) is 23.8. The van der Waals surface area contributed by atoms with Gasteiger partial charge in [0.2, 0.25) is 5.91 Å². The molecule has 1 aliphatic heterocycles. The van der Waals surface area contributed by atoms with Gasteiger partial charge in [0.15, 0.2) is 0 Å². The van der Waals surface area contributed by atoms with Gasteiger partial charge in [-0.25, -0.2) is 0 Å². The summed E-state index contributed by atoms with van der Waals surface area (Å²) in [6.07, 6.45) is 1.48. The van der Waals surface area contributed by atoms with Gasteiger partial charge in [-0.15, -0.1) is 6.58 Å². The van der Waals surface area contributed by atoms with Gasteiger partial charge in [-0.3, -0.25) is 9.69 Å². The van der Waals surface area contributed by atoms with Crippen LogP contribution >= 0.6 is 0 Å². The molecule has 0 bridgehead atoms. The molecule has 0 aromatic heterocycles. The molecule has 1 aliphatic rings. The van der Waals surface area contributed by atoms with Crippen LogP contribution in [-0.2, 0) is 9.53 Å². The summed E-state index contributed by atoms with van der Waals surface area (Å²) in [6.45, 7) is 7.77. The molecule has 2 atom stereocenters. The highest BCUT2D eigenvalue weighted by Crippen LogP contribution is 2.08. The Morgan fingerprint density at radius 1 is 1.81 bits per heavy atom. The minimum absolute atomic E-state index is 0.00248. The first kappa shape index (κ1) is 13.2. The molecular weight excluding hydrogens is 208 g/mol. The molecule has 1 rings (SSSR count). The average molecular weight is 228 g/mol. The molecule has 0 aliphatic carbocycles. The third-order valence-corrected chi connectivity index (χ3v) is 2.72. The molecule has 0 radical (unpaired) electrons. The Bertz CT molecular complexity index is 245. The second-order valence-electron chi connectivity index (χ2n) is 3.88. The Morgan fingerprint density at radius 3 is 3.19 bits per heavy atom. The summed E-state index contributed by atoms with van der Waals surface area (Å²) in [6, 6.07) is -0.196. The minimum atomic E-state index is -0.196. The van der Waals surface area contributed by atoms with Crippen molar-refractivity contribution < 1.29 is 14.6 Å². The molecule has 1 saturated heterocycles. The molecule has 16 heavy (non-hydrogen) atoms. The number of amides is 1. The van der Waals surface area contributed by atoms with Crippen LogP contribution in [0.5, 0.6) is 0 Å². The van der Waals surface area contributed by atoms with Crippen molar-refractivity contribution in [2.45, 2.75) is 19.1 Å². The first-order chi connectivity index (χ1) is 7.69. The zero-order valence-corrected chi connectivity index (χ0v) is 9.69. The predicted molar refractivity (Wildman–Crippen MR) is 61.1 cm³/mol. The smallest absolute Gasteiger partial charge is 0.237 e. The number of hydrogen-bond acceptors (Lipinski definition) is 4. The first-order valence-electron chi connectivity index (χ1n) is 5.54. The molecule has 0 aromatic rings. The molecule has 0 saturated carbocycles. The van der Waals surface area contributed by atoms with Crippen molar-refractivity contribution in [1.82, 2.24) is 10.2 Å². The number of aliphatic hydroxyl groups is 1. The second kappa shape index (κ2) is 6.62. The highest BCUT2D eigenvalue weighted by molar-refractivity contribution is 5.81. The third kappa shape index (κ3) is 3.59. The number of nitrogens with one attached hydrogen (secondary N) is 1. The summed E-state index contributed by atoms with van der Waals surface area (Å²) in [7, 11) is 0. The summed E-state index contributed by atoms with van der Waals surface area (Å²) in [5, 5.41) is 11.8. The second-order valence-corrected chi connectivity index (χ2v) is 3.88. The van der Waals surface area contributed by atoms with Crippen LogP contribution in [-0.4, -0.2) is 60.9 Å². The van der Waals surface area contributed by atoms with Crippen molar-refractivity contribution in [3.63, 3.8) is 0 Å². The summed E-state index contributed by atoms with van der Waals surface area (Å²) in [5.74, 6) is -0.0153. The van der Waals surface area contributed by atoms with Crippen molar-refractivity contribution in [2.24, 2.45) is 0 Å². The van der Waals surface area contributed by atoms with Gasteiger partial charge in [0, 0.05) is 19.6 Å². The van der Waals surface area contributed by atoms with E-state index in [1.165, 1.54) is 0 Å². The van der Waals surface area contributed by atoms with Gasteiger partial charge in [-0.1, -0.05) is 6.08 Å². The Labute approximate surface area is 96.1 Å². The van der Waals surface area contributed by atoms with Crippen LogP contribution in [0.3, 0.4) is 0 Å². The number of ether oxygens (including phenoxy) is 1. The van der Waals surface area contributed by atoms with Crippen LogP contribution in [0.25, 0.3) is 0 Å². The van der Waals surface area contributed by atoms with Gasteiger partial charge >= 0.3 is 0 Å². The predicted octanol–water partition coefficient (Wildman–Crippen LogP) is -0.630. The van der Waals surface area contributed by atoms with Gasteiger partial charge in [0.1, 0.15) is 0 Å². The van der Waals surface area contributed by atoms with Crippen LogP contribution in [0, 0.1) is 0 Å². The number of carbonyl (C=O) groups excluding carboxylic acids is 1. The van der Waals surface area contributed by atoms with Crippen molar-refractivity contribution >= 4 is 5.91 Å². The fraction of sp³-hybridized carbons (Fsp3) is 0.727. The maximum absolute atomic E-state index is 11.7. The molecular formula is C11H20N2O3. The third-order valence-electron chi connectivity index (χ3n) is 2.72. The van der Waals surface area contributed by atoms with Gasteiger partial charge in [-0.05, 0) is 6.92 Å². The molecule has 0 spiro atoms. The number of nitrogens with zero attached hydrogens (tertiary/aromatic N) is 1. The van der Waals surface area contributed by atoms with Crippen molar-refractivity contribution in [1.29, 1.82) is 0 Å². The maximum atomic E-state index is 11.7. The monoisotopic (exact) mass is 228 g/mol. The Kier molecular flexibility index (Phi) is 5.45. The fourth-order valence-corrected chi connectivity index (χ4v) is 1.69. The molecule has 2 unspecified atom stereocenters. The highest BCUT2D eigenvalue weighted by atomic mass is 16.5. The lowest BCUT2D eigenvalue weighted by Crippen LogP contribution is -2.53. The van der Waals surface area contributed by atoms with Crippen molar-refractivity contribution in [3.05, 3.63) is 12.7 Å². The lowest BCUT2D eigenvalue weighted by atomic mass is 10.2. The molecule has 5 nitrogen and oxygen atoms in total. The first-order valence-corrected chi connectivity index (χ1v) is 5.54. The van der Waals surface area contributed by atoms with E-state index in [9.17, 15) is 4.79 Å². The lowest BCUT2D eigenvalue weighted by Gasteiger charge is -2.35. The zero-order valence-electron chi connectivity index (χ0n) is 9.69. The number of aliphatic hydroxyl groups excluding tert-OH is 1. The largest absolute Gasteiger partial charge is 0.394 e. The van der Waals surface area contributed by atoms with Gasteiger partial charge in [0.25, 0.3) is 0 Å². The Morgan fingerprint density at radius 2 is 2.56 bits per heavy atom. The quantitative estimate of drug-likeness (QED) is 0.615. The van der Waals surface area contributed by atoms with Crippen LogP contribution < -0.4 is 5.32 Å². The molecule has 5 heteroatoms. The van der Waals surface area contributed by atoms with Crippen molar-refractivity contribution in [3.8, 4) is 0 Å². The van der Waals surface area contributed by atoms with Crippen LogP contribution in [0.1, 0.15) is 6.92 Å². The lowest BCUT2D eigenvalue weighted by molar-refractivity contribution is -0.129. The summed E-state index contributed by atoms with van der Waals surface area (Å²) < 4.78 is 5.33. The van der Waals surface area contributed by atoms with Gasteiger partial charge in [-0.2, -0.15) is 0 Å². The van der Waals surface area contributed by atoms with E-state index in [2.05, 4.69) is 11.9 Å². The molecule has 2 N–H and O–H groups in total. The molecule has 0 aromatic carbocycles. The van der Waals surface area contributed by atoms with E-state index in [0.717, 1.165) is 6.54 Å². The SMILES string of the molecule is C=CCNC(=O)C(C)N1CCOC(CO)C1. The van der Waals surface area contributed by atoms with E-state index in [1.54, 1.807) is 6.08 Å². The standard InChI is InChI=1S/C11H20N2O3/c1-3-4-12-11(15)9(2)13-5-6-16-10(7-13)8-14/h3,9-10,14H,1,4-8H2,2H3,(H,12,15). The van der Waals surface area contributed by atoms with E-state index in [-0.39, 0.29) is 24.7 Å². The van der Waals surface area contributed by atoms with E-state index in [0.29, 0.717) is 19.7 Å². The highest BCUT2D eigenvalue weighted by Gasteiger charge is 2.27. The molecule has 1 amide bonds. The van der Waals surface area contributed by atoms with E-state index in [4.69, 9.17) is 9.84 Å². The van der Waals surface area contributed by atoms with E-state index in [1.807, 2.05) is 11.8 Å².